The van der Waals surface area contributed by atoms with Crippen LogP contribution in [0, 0.1) is 12.7 Å². The summed E-state index contributed by atoms with van der Waals surface area (Å²) < 4.78 is 15.5. The van der Waals surface area contributed by atoms with Gasteiger partial charge in [-0.15, -0.1) is 0 Å². The van der Waals surface area contributed by atoms with Crippen LogP contribution in [-0.4, -0.2) is 14.7 Å². The molecule has 0 radical (unpaired) electrons. The van der Waals surface area contributed by atoms with E-state index in [1.54, 1.807) is 6.07 Å². The molecule has 0 atom stereocenters. The largest absolute Gasteiger partial charge is 0.332 e. The standard InChI is InChI=1S/C18H19FN4S/c1-4-12-8-9-13(19)10-16(12)22-18(24)21-15-7-5-6-14-17(15)23(3)11(2)20-14/h5-10H,4H2,1-3H3,(H2,21,22,24). The molecule has 6 heteroatoms. The molecule has 0 aliphatic rings. The van der Waals surface area contributed by atoms with Crippen molar-refractivity contribution in [2.75, 3.05) is 10.6 Å². The zero-order valence-electron chi connectivity index (χ0n) is 13.9. The molecule has 1 heterocycles. The van der Waals surface area contributed by atoms with E-state index >= 15 is 0 Å². The van der Waals surface area contributed by atoms with E-state index in [0.717, 1.165) is 34.5 Å². The molecule has 2 aromatic carbocycles. The fourth-order valence-electron chi connectivity index (χ4n) is 2.74. The molecular weight excluding hydrogens is 323 g/mol. The summed E-state index contributed by atoms with van der Waals surface area (Å²) in [6.07, 6.45) is 0.793. The van der Waals surface area contributed by atoms with Gasteiger partial charge < -0.3 is 15.2 Å². The van der Waals surface area contributed by atoms with Crippen LogP contribution in [0.4, 0.5) is 15.8 Å². The van der Waals surface area contributed by atoms with Crippen molar-refractivity contribution >= 4 is 39.7 Å². The summed E-state index contributed by atoms with van der Waals surface area (Å²) in [5.41, 5.74) is 4.44. The van der Waals surface area contributed by atoms with Crippen molar-refractivity contribution in [2.45, 2.75) is 20.3 Å². The summed E-state index contributed by atoms with van der Waals surface area (Å²) in [4.78, 5) is 4.51. The first kappa shape index (κ1) is 16.4. The number of hydrogen-bond acceptors (Lipinski definition) is 2. The van der Waals surface area contributed by atoms with Gasteiger partial charge in [0, 0.05) is 12.7 Å². The van der Waals surface area contributed by atoms with Gasteiger partial charge in [0.05, 0.1) is 16.7 Å². The Kier molecular flexibility index (Phi) is 4.49. The predicted octanol–water partition coefficient (Wildman–Crippen LogP) is 4.39. The lowest BCUT2D eigenvalue weighted by molar-refractivity contribution is 0.628. The van der Waals surface area contributed by atoms with Gasteiger partial charge in [0.25, 0.3) is 0 Å². The lowest BCUT2D eigenvalue weighted by Gasteiger charge is -2.14. The van der Waals surface area contributed by atoms with Crippen LogP contribution < -0.4 is 10.6 Å². The van der Waals surface area contributed by atoms with Crippen molar-refractivity contribution in [1.29, 1.82) is 0 Å². The zero-order chi connectivity index (χ0) is 17.3. The van der Waals surface area contributed by atoms with Crippen molar-refractivity contribution in [3.8, 4) is 0 Å². The number of fused-ring (bicyclic) bond motifs is 1. The van der Waals surface area contributed by atoms with Crippen molar-refractivity contribution in [3.05, 3.63) is 53.6 Å². The summed E-state index contributed by atoms with van der Waals surface area (Å²) in [6.45, 7) is 3.98. The number of halogens is 1. The van der Waals surface area contributed by atoms with Crippen molar-refractivity contribution in [1.82, 2.24) is 9.55 Å². The first-order valence-corrected chi connectivity index (χ1v) is 8.19. The smallest absolute Gasteiger partial charge is 0.175 e. The second-order valence-corrected chi connectivity index (χ2v) is 6.03. The summed E-state index contributed by atoms with van der Waals surface area (Å²) in [5.74, 6) is 0.637. The monoisotopic (exact) mass is 342 g/mol. The molecule has 3 aromatic rings. The Morgan fingerprint density at radius 3 is 2.71 bits per heavy atom. The van der Waals surface area contributed by atoms with Crippen LogP contribution in [0.25, 0.3) is 11.0 Å². The highest BCUT2D eigenvalue weighted by Crippen LogP contribution is 2.24. The molecule has 2 N–H and O–H groups in total. The van der Waals surface area contributed by atoms with Crippen molar-refractivity contribution in [2.24, 2.45) is 7.05 Å². The third kappa shape index (κ3) is 3.10. The van der Waals surface area contributed by atoms with Gasteiger partial charge in [-0.05, 0) is 55.4 Å². The number of imidazole rings is 1. The van der Waals surface area contributed by atoms with E-state index in [9.17, 15) is 4.39 Å². The van der Waals surface area contributed by atoms with E-state index in [0.29, 0.717) is 10.8 Å². The fraction of sp³-hybridized carbons (Fsp3) is 0.222. The Labute approximate surface area is 145 Å². The van der Waals surface area contributed by atoms with Crippen LogP contribution in [0.3, 0.4) is 0 Å². The lowest BCUT2D eigenvalue weighted by atomic mass is 10.1. The van der Waals surface area contributed by atoms with Crippen LogP contribution in [0.5, 0.6) is 0 Å². The minimum atomic E-state index is -0.290. The summed E-state index contributed by atoms with van der Waals surface area (Å²) >= 11 is 5.41. The molecule has 0 saturated heterocycles. The van der Waals surface area contributed by atoms with E-state index in [-0.39, 0.29) is 5.82 Å². The number of nitrogens with one attached hydrogen (secondary N) is 2. The first-order chi connectivity index (χ1) is 11.5. The molecule has 24 heavy (non-hydrogen) atoms. The maximum atomic E-state index is 13.5. The number of aryl methyl sites for hydroxylation is 3. The van der Waals surface area contributed by atoms with E-state index < -0.39 is 0 Å². The molecule has 124 valence electrons. The number of benzene rings is 2. The Morgan fingerprint density at radius 2 is 1.96 bits per heavy atom. The van der Waals surface area contributed by atoms with Crippen LogP contribution in [-0.2, 0) is 13.5 Å². The predicted molar refractivity (Wildman–Crippen MR) is 101 cm³/mol. The molecule has 0 amide bonds. The second kappa shape index (κ2) is 6.57. The van der Waals surface area contributed by atoms with Gasteiger partial charge in [0.2, 0.25) is 0 Å². The van der Waals surface area contributed by atoms with E-state index in [2.05, 4.69) is 15.6 Å². The van der Waals surface area contributed by atoms with Crippen LogP contribution in [0.15, 0.2) is 36.4 Å². The lowest BCUT2D eigenvalue weighted by Crippen LogP contribution is -2.20. The summed E-state index contributed by atoms with van der Waals surface area (Å²) in [6, 6.07) is 10.5. The zero-order valence-corrected chi connectivity index (χ0v) is 14.7. The molecule has 3 rings (SSSR count). The maximum absolute atomic E-state index is 13.5. The molecule has 4 nitrogen and oxygen atoms in total. The maximum Gasteiger partial charge on any atom is 0.175 e. The molecular formula is C18H19FN4S. The van der Waals surface area contributed by atoms with Gasteiger partial charge in [0.15, 0.2) is 5.11 Å². The minimum absolute atomic E-state index is 0.290. The van der Waals surface area contributed by atoms with Gasteiger partial charge in [0.1, 0.15) is 11.6 Å². The fourth-order valence-corrected chi connectivity index (χ4v) is 2.96. The summed E-state index contributed by atoms with van der Waals surface area (Å²) in [7, 11) is 1.97. The second-order valence-electron chi connectivity index (χ2n) is 5.63. The van der Waals surface area contributed by atoms with E-state index in [1.165, 1.54) is 12.1 Å². The third-order valence-electron chi connectivity index (χ3n) is 4.07. The van der Waals surface area contributed by atoms with E-state index in [4.69, 9.17) is 12.2 Å². The number of hydrogen-bond donors (Lipinski definition) is 2. The molecule has 0 unspecified atom stereocenters. The Morgan fingerprint density at radius 1 is 1.21 bits per heavy atom. The average molecular weight is 342 g/mol. The van der Waals surface area contributed by atoms with Crippen molar-refractivity contribution in [3.63, 3.8) is 0 Å². The molecule has 1 aromatic heterocycles. The summed E-state index contributed by atoms with van der Waals surface area (Å²) in [5, 5.41) is 6.71. The molecule has 0 aliphatic carbocycles. The number of para-hydroxylation sites is 1. The third-order valence-corrected chi connectivity index (χ3v) is 4.27. The molecule has 0 saturated carbocycles. The van der Waals surface area contributed by atoms with Gasteiger partial charge in [-0.25, -0.2) is 9.37 Å². The highest BCUT2D eigenvalue weighted by atomic mass is 32.1. The quantitative estimate of drug-likeness (QED) is 0.693. The molecule has 0 bridgehead atoms. The normalized spacial score (nSPS) is 10.8. The minimum Gasteiger partial charge on any atom is -0.332 e. The topological polar surface area (TPSA) is 41.9 Å². The highest BCUT2D eigenvalue weighted by molar-refractivity contribution is 7.80. The number of rotatable bonds is 3. The van der Waals surface area contributed by atoms with Crippen LogP contribution in [0.1, 0.15) is 18.3 Å². The van der Waals surface area contributed by atoms with Gasteiger partial charge in [-0.2, -0.15) is 0 Å². The molecule has 0 spiro atoms. The van der Waals surface area contributed by atoms with E-state index in [1.807, 2.05) is 43.7 Å². The SMILES string of the molecule is CCc1ccc(F)cc1NC(=S)Nc1cccc2nc(C)n(C)c12. The highest BCUT2D eigenvalue weighted by Gasteiger charge is 2.11. The molecule has 0 fully saturated rings. The number of nitrogens with zero attached hydrogens (tertiary/aromatic N) is 2. The Hall–Kier alpha value is -2.47. The van der Waals surface area contributed by atoms with Crippen LogP contribution in [0.2, 0.25) is 0 Å². The van der Waals surface area contributed by atoms with Crippen molar-refractivity contribution < 1.29 is 4.39 Å². The Bertz CT molecular complexity index is 917. The Balaban J connectivity index is 1.87. The van der Waals surface area contributed by atoms with Gasteiger partial charge in [-0.3, -0.25) is 0 Å². The van der Waals surface area contributed by atoms with Gasteiger partial charge in [-0.1, -0.05) is 19.1 Å². The first-order valence-electron chi connectivity index (χ1n) is 7.78. The molecule has 0 aliphatic heterocycles. The van der Waals surface area contributed by atoms with Crippen LogP contribution >= 0.6 is 12.2 Å². The van der Waals surface area contributed by atoms with Gasteiger partial charge >= 0.3 is 0 Å². The number of aromatic nitrogens is 2. The number of anilines is 2. The average Bonchev–Trinajstić information content (AvgIpc) is 2.83. The number of thiocarbonyl (C=S) groups is 1.